The van der Waals surface area contributed by atoms with Crippen LogP contribution in [0.15, 0.2) is 66.7 Å². The fraction of sp³-hybridized carbons (Fsp3) is 0.192. The average Bonchev–Trinajstić information content (AvgIpc) is 3.53. The normalized spacial score (nSPS) is 15.1. The number of benzene rings is 3. The van der Waals surface area contributed by atoms with Crippen LogP contribution in [-0.4, -0.2) is 35.2 Å². The molecule has 3 aromatic rings. The van der Waals surface area contributed by atoms with Crippen molar-refractivity contribution < 1.29 is 24.2 Å². The summed E-state index contributed by atoms with van der Waals surface area (Å²) in [5, 5.41) is 14.5. The van der Waals surface area contributed by atoms with Crippen LogP contribution in [0.5, 0.6) is 0 Å². The van der Waals surface area contributed by atoms with E-state index in [1.165, 1.54) is 18.2 Å². The van der Waals surface area contributed by atoms with Gasteiger partial charge >= 0.3 is 12.1 Å². The molecule has 1 fully saturated rings. The van der Waals surface area contributed by atoms with Crippen LogP contribution in [0.4, 0.5) is 10.5 Å². The highest BCUT2D eigenvalue weighted by Crippen LogP contribution is 2.44. The summed E-state index contributed by atoms with van der Waals surface area (Å²) in [6, 6.07) is 20.3. The van der Waals surface area contributed by atoms with E-state index in [0.717, 1.165) is 22.3 Å². The second-order valence-corrected chi connectivity index (χ2v) is 8.89. The van der Waals surface area contributed by atoms with Crippen molar-refractivity contribution in [1.29, 1.82) is 0 Å². The molecule has 2 amide bonds. The van der Waals surface area contributed by atoms with E-state index in [1.807, 2.05) is 36.4 Å². The molecule has 3 N–H and O–H groups in total. The summed E-state index contributed by atoms with van der Waals surface area (Å²) in [6.07, 6.45) is 0.294. The Bertz CT molecular complexity index is 1270. The van der Waals surface area contributed by atoms with Gasteiger partial charge in [0.15, 0.2) is 0 Å². The number of aromatic carboxylic acids is 1. The second kappa shape index (κ2) is 8.50. The van der Waals surface area contributed by atoms with E-state index in [4.69, 9.17) is 21.4 Å². The van der Waals surface area contributed by atoms with E-state index in [0.29, 0.717) is 18.5 Å². The van der Waals surface area contributed by atoms with Crippen molar-refractivity contribution in [2.24, 2.45) is 0 Å². The van der Waals surface area contributed by atoms with E-state index in [-0.39, 0.29) is 23.1 Å². The lowest BCUT2D eigenvalue weighted by Crippen LogP contribution is -2.46. The molecule has 0 spiro atoms. The Morgan fingerprint density at radius 2 is 1.59 bits per heavy atom. The van der Waals surface area contributed by atoms with Gasteiger partial charge in [-0.3, -0.25) is 4.79 Å². The lowest BCUT2D eigenvalue weighted by atomic mass is 9.98. The van der Waals surface area contributed by atoms with Crippen molar-refractivity contribution in [3.63, 3.8) is 0 Å². The molecule has 8 heteroatoms. The van der Waals surface area contributed by atoms with E-state index < -0.39 is 23.5 Å². The third-order valence-corrected chi connectivity index (χ3v) is 6.64. The van der Waals surface area contributed by atoms with Gasteiger partial charge in [0, 0.05) is 11.6 Å². The molecule has 3 aromatic carbocycles. The molecular formula is C26H21ClN2O5. The first-order chi connectivity index (χ1) is 16.4. The standard InChI is InChI=1S/C26H21ClN2O5/c27-22-13-15(9-10-20(22)23(30)31)28-24(32)26(11-12-26)29-25(33)34-14-21-18-7-3-1-5-16(18)17-6-2-4-8-19(17)21/h1-10,13,21H,11-12,14H2,(H,28,32)(H,29,33)(H,30,31). The molecule has 2 aliphatic carbocycles. The molecule has 7 nitrogen and oxygen atoms in total. The molecule has 172 valence electrons. The first-order valence-electron chi connectivity index (χ1n) is 10.9. The fourth-order valence-corrected chi connectivity index (χ4v) is 4.64. The number of rotatable bonds is 6. The van der Waals surface area contributed by atoms with Gasteiger partial charge in [-0.1, -0.05) is 60.1 Å². The topological polar surface area (TPSA) is 105 Å². The summed E-state index contributed by atoms with van der Waals surface area (Å²) < 4.78 is 5.56. The summed E-state index contributed by atoms with van der Waals surface area (Å²) in [5.41, 5.74) is 3.73. The van der Waals surface area contributed by atoms with Crippen LogP contribution in [0.25, 0.3) is 11.1 Å². The number of alkyl carbamates (subject to hydrolysis) is 1. The Morgan fingerprint density at radius 1 is 0.971 bits per heavy atom. The van der Waals surface area contributed by atoms with Gasteiger partial charge in [0.2, 0.25) is 5.91 Å². The number of nitrogens with one attached hydrogen (secondary N) is 2. The predicted octanol–water partition coefficient (Wildman–Crippen LogP) is 5.05. The van der Waals surface area contributed by atoms with E-state index in [9.17, 15) is 14.4 Å². The number of fused-ring (bicyclic) bond motifs is 3. The lowest BCUT2D eigenvalue weighted by molar-refractivity contribution is -0.119. The van der Waals surface area contributed by atoms with Gasteiger partial charge in [0.25, 0.3) is 0 Å². The van der Waals surface area contributed by atoms with E-state index in [1.54, 1.807) is 0 Å². The molecule has 2 aliphatic rings. The highest BCUT2D eigenvalue weighted by atomic mass is 35.5. The maximum Gasteiger partial charge on any atom is 0.408 e. The van der Waals surface area contributed by atoms with Gasteiger partial charge < -0.3 is 20.5 Å². The first kappa shape index (κ1) is 22.0. The number of anilines is 1. The number of carbonyl (C=O) groups is 3. The van der Waals surface area contributed by atoms with Crippen molar-refractivity contribution in [2.75, 3.05) is 11.9 Å². The molecular weight excluding hydrogens is 456 g/mol. The zero-order valence-electron chi connectivity index (χ0n) is 18.0. The SMILES string of the molecule is O=C(NC1(C(=O)Nc2ccc(C(=O)O)c(Cl)c2)CC1)OCC1c2ccccc2-c2ccccc21. The molecule has 0 aromatic heterocycles. The Morgan fingerprint density at radius 3 is 2.15 bits per heavy atom. The van der Waals surface area contributed by atoms with Crippen molar-refractivity contribution in [1.82, 2.24) is 5.32 Å². The van der Waals surface area contributed by atoms with Gasteiger partial charge in [-0.15, -0.1) is 0 Å². The van der Waals surface area contributed by atoms with Gasteiger partial charge in [0.05, 0.1) is 10.6 Å². The third-order valence-electron chi connectivity index (χ3n) is 6.33. The second-order valence-electron chi connectivity index (χ2n) is 8.49. The van der Waals surface area contributed by atoms with Crippen molar-refractivity contribution in [2.45, 2.75) is 24.3 Å². The third kappa shape index (κ3) is 3.99. The van der Waals surface area contributed by atoms with Crippen LogP contribution < -0.4 is 10.6 Å². The van der Waals surface area contributed by atoms with Crippen molar-refractivity contribution in [3.05, 3.63) is 88.4 Å². The molecule has 0 saturated heterocycles. The Kier molecular flexibility index (Phi) is 5.49. The summed E-state index contributed by atoms with van der Waals surface area (Å²) in [7, 11) is 0. The lowest BCUT2D eigenvalue weighted by Gasteiger charge is -2.19. The van der Waals surface area contributed by atoms with Gasteiger partial charge in [-0.25, -0.2) is 9.59 Å². The maximum atomic E-state index is 12.8. The predicted molar refractivity (Wildman–Crippen MR) is 127 cm³/mol. The van der Waals surface area contributed by atoms with Gasteiger partial charge in [0.1, 0.15) is 12.1 Å². The molecule has 1 saturated carbocycles. The van der Waals surface area contributed by atoms with Crippen LogP contribution in [-0.2, 0) is 9.53 Å². The quantitative estimate of drug-likeness (QED) is 0.462. The molecule has 0 heterocycles. The number of hydrogen-bond acceptors (Lipinski definition) is 4. The smallest absolute Gasteiger partial charge is 0.408 e. The number of hydrogen-bond donors (Lipinski definition) is 3. The van der Waals surface area contributed by atoms with Crippen LogP contribution in [0.2, 0.25) is 5.02 Å². The van der Waals surface area contributed by atoms with Crippen LogP contribution in [0.1, 0.15) is 40.2 Å². The molecule has 0 unspecified atom stereocenters. The maximum absolute atomic E-state index is 12.8. The van der Waals surface area contributed by atoms with E-state index >= 15 is 0 Å². The number of carboxylic acid groups (broad SMARTS) is 1. The first-order valence-corrected chi connectivity index (χ1v) is 11.2. The number of amides is 2. The molecule has 0 bridgehead atoms. The summed E-state index contributed by atoms with van der Waals surface area (Å²) in [5.74, 6) is -1.63. The van der Waals surface area contributed by atoms with Crippen LogP contribution in [0, 0.1) is 0 Å². The van der Waals surface area contributed by atoms with Gasteiger partial charge in [-0.2, -0.15) is 0 Å². The largest absolute Gasteiger partial charge is 0.478 e. The minimum Gasteiger partial charge on any atom is -0.478 e. The average molecular weight is 477 g/mol. The molecule has 5 rings (SSSR count). The zero-order valence-corrected chi connectivity index (χ0v) is 18.8. The summed E-state index contributed by atoms with van der Waals surface area (Å²) in [6.45, 7) is 0.157. The molecule has 0 atom stereocenters. The summed E-state index contributed by atoms with van der Waals surface area (Å²) in [4.78, 5) is 36.5. The number of halogens is 1. The Labute approximate surface area is 200 Å². The number of ether oxygens (including phenoxy) is 1. The highest BCUT2D eigenvalue weighted by molar-refractivity contribution is 6.33. The minimum atomic E-state index is -1.15. The van der Waals surface area contributed by atoms with Crippen LogP contribution >= 0.6 is 11.6 Å². The molecule has 0 radical (unpaired) electrons. The Hall–Kier alpha value is -3.84. The highest BCUT2D eigenvalue weighted by Gasteiger charge is 2.51. The van der Waals surface area contributed by atoms with Crippen molar-refractivity contribution >= 4 is 35.3 Å². The minimum absolute atomic E-state index is 0.0136. The fourth-order valence-electron chi connectivity index (χ4n) is 4.38. The number of carboxylic acids is 1. The van der Waals surface area contributed by atoms with Gasteiger partial charge in [-0.05, 0) is 53.3 Å². The van der Waals surface area contributed by atoms with Crippen LogP contribution in [0.3, 0.4) is 0 Å². The monoisotopic (exact) mass is 476 g/mol. The Balaban J connectivity index is 1.23. The number of carbonyl (C=O) groups excluding carboxylic acids is 2. The zero-order chi connectivity index (χ0) is 23.9. The van der Waals surface area contributed by atoms with Crippen molar-refractivity contribution in [3.8, 4) is 11.1 Å². The summed E-state index contributed by atoms with van der Waals surface area (Å²) >= 11 is 5.98. The van der Waals surface area contributed by atoms with E-state index in [2.05, 4.69) is 22.8 Å². The molecule has 0 aliphatic heterocycles. The molecule has 34 heavy (non-hydrogen) atoms.